The minimum Gasteiger partial charge on any atom is -0.507 e. The summed E-state index contributed by atoms with van der Waals surface area (Å²) in [6.07, 6.45) is 1.50. The number of hydrogen-bond acceptors (Lipinski definition) is 4. The summed E-state index contributed by atoms with van der Waals surface area (Å²) in [5, 5.41) is 10.1. The summed E-state index contributed by atoms with van der Waals surface area (Å²) in [6, 6.07) is 4.76. The van der Waals surface area contributed by atoms with Gasteiger partial charge in [-0.1, -0.05) is 94.4 Å². The van der Waals surface area contributed by atoms with E-state index in [2.05, 4.69) is 21.5 Å². The standard InChI is InChI=1S/C13H7Cl6N3O/c1-2-6-4-3-5-7(23)8(6)9-20-10(12(14,15)16)22-11(21-9)13(17,18)19/h2-5,23H,1H2. The number of halogens is 6. The van der Waals surface area contributed by atoms with Crippen molar-refractivity contribution < 1.29 is 5.11 Å². The van der Waals surface area contributed by atoms with Gasteiger partial charge in [-0.2, -0.15) is 0 Å². The molecule has 23 heavy (non-hydrogen) atoms. The molecule has 0 saturated carbocycles. The Morgan fingerprint density at radius 2 is 1.43 bits per heavy atom. The van der Waals surface area contributed by atoms with Gasteiger partial charge in [-0.25, -0.2) is 15.0 Å². The lowest BCUT2D eigenvalue weighted by atomic mass is 10.1. The highest BCUT2D eigenvalue weighted by Crippen LogP contribution is 2.41. The van der Waals surface area contributed by atoms with Crippen LogP contribution in [0.4, 0.5) is 0 Å². The number of aromatic nitrogens is 3. The van der Waals surface area contributed by atoms with Crippen LogP contribution in [0.5, 0.6) is 5.75 Å². The van der Waals surface area contributed by atoms with Gasteiger partial charge in [-0.05, 0) is 11.6 Å². The maximum Gasteiger partial charge on any atom is 0.250 e. The summed E-state index contributed by atoms with van der Waals surface area (Å²) in [5.74, 6) is -0.617. The Balaban J connectivity index is 2.80. The van der Waals surface area contributed by atoms with Gasteiger partial charge >= 0.3 is 0 Å². The van der Waals surface area contributed by atoms with Crippen molar-refractivity contribution in [1.29, 1.82) is 0 Å². The van der Waals surface area contributed by atoms with Gasteiger partial charge in [0.25, 0.3) is 0 Å². The summed E-state index contributed by atoms with van der Waals surface area (Å²) in [5.41, 5.74) is 0.789. The number of nitrogens with zero attached hydrogens (tertiary/aromatic N) is 3. The van der Waals surface area contributed by atoms with E-state index in [1.165, 1.54) is 12.1 Å². The van der Waals surface area contributed by atoms with E-state index in [-0.39, 0.29) is 28.8 Å². The van der Waals surface area contributed by atoms with Crippen molar-refractivity contribution in [2.24, 2.45) is 0 Å². The predicted octanol–water partition coefficient (Wildman–Crippen LogP) is 5.54. The minimum atomic E-state index is -1.97. The lowest BCUT2D eigenvalue weighted by Crippen LogP contribution is -2.17. The summed E-state index contributed by atoms with van der Waals surface area (Å²) in [7, 11) is 0. The smallest absolute Gasteiger partial charge is 0.250 e. The lowest BCUT2D eigenvalue weighted by molar-refractivity contribution is 0.476. The number of rotatable bonds is 2. The van der Waals surface area contributed by atoms with Gasteiger partial charge < -0.3 is 5.11 Å². The molecule has 1 aromatic carbocycles. The summed E-state index contributed by atoms with van der Waals surface area (Å²) in [4.78, 5) is 12.0. The second-order valence-electron chi connectivity index (χ2n) is 4.25. The maximum atomic E-state index is 10.1. The van der Waals surface area contributed by atoms with E-state index >= 15 is 0 Å². The fraction of sp³-hybridized carbons (Fsp3) is 0.154. The molecule has 0 aliphatic heterocycles. The largest absolute Gasteiger partial charge is 0.507 e. The fourth-order valence-corrected chi connectivity index (χ4v) is 2.22. The van der Waals surface area contributed by atoms with Crippen LogP contribution in [0.3, 0.4) is 0 Å². The van der Waals surface area contributed by atoms with Crippen molar-refractivity contribution in [2.75, 3.05) is 0 Å². The van der Waals surface area contributed by atoms with Gasteiger partial charge in [0.05, 0.1) is 5.56 Å². The predicted molar refractivity (Wildman–Crippen MR) is 95.5 cm³/mol. The SMILES string of the molecule is C=Cc1cccc(O)c1-c1nc(C(Cl)(Cl)Cl)nc(C(Cl)(Cl)Cl)n1. The van der Waals surface area contributed by atoms with Gasteiger partial charge in [-0.15, -0.1) is 0 Å². The number of phenolic OH excluding ortho intramolecular Hbond substituents is 1. The molecule has 0 unspecified atom stereocenters. The number of hydrogen-bond donors (Lipinski definition) is 1. The second kappa shape index (κ2) is 6.79. The number of benzene rings is 1. The zero-order chi connectivity index (χ0) is 17.4. The molecule has 10 heteroatoms. The first-order chi connectivity index (χ1) is 10.5. The van der Waals surface area contributed by atoms with E-state index in [1.807, 2.05) is 0 Å². The molecular weight excluding hydrogens is 427 g/mol. The van der Waals surface area contributed by atoms with E-state index in [0.29, 0.717) is 5.56 Å². The Hall–Kier alpha value is -0.490. The average Bonchev–Trinajstić information content (AvgIpc) is 2.44. The van der Waals surface area contributed by atoms with E-state index in [0.717, 1.165) is 0 Å². The summed E-state index contributed by atoms with van der Waals surface area (Å²) >= 11 is 34.9. The second-order valence-corrected chi connectivity index (χ2v) is 8.81. The van der Waals surface area contributed by atoms with Crippen molar-refractivity contribution >= 4 is 75.7 Å². The molecule has 0 aliphatic rings. The number of alkyl halides is 6. The highest BCUT2D eigenvalue weighted by atomic mass is 35.6. The highest BCUT2D eigenvalue weighted by Gasteiger charge is 2.34. The third-order valence-corrected chi connectivity index (χ3v) is 3.67. The minimum absolute atomic E-state index is 0.0179. The molecule has 1 aromatic heterocycles. The van der Waals surface area contributed by atoms with Crippen molar-refractivity contribution in [2.45, 2.75) is 7.59 Å². The van der Waals surface area contributed by atoms with Crippen LogP contribution in [0.25, 0.3) is 17.5 Å². The van der Waals surface area contributed by atoms with Crippen molar-refractivity contribution in [1.82, 2.24) is 15.0 Å². The molecule has 0 saturated heterocycles. The third-order valence-electron chi connectivity index (χ3n) is 2.66. The van der Waals surface area contributed by atoms with Crippen LogP contribution in [0.1, 0.15) is 17.2 Å². The Labute approximate surface area is 162 Å². The van der Waals surface area contributed by atoms with Crippen LogP contribution in [-0.4, -0.2) is 20.1 Å². The first-order valence-corrected chi connectivity index (χ1v) is 8.16. The monoisotopic (exact) mass is 431 g/mol. The normalized spacial score (nSPS) is 12.3. The molecule has 0 spiro atoms. The molecule has 2 rings (SSSR count). The summed E-state index contributed by atoms with van der Waals surface area (Å²) < 4.78 is -3.94. The Morgan fingerprint density at radius 3 is 1.87 bits per heavy atom. The van der Waals surface area contributed by atoms with Crippen LogP contribution in [0.2, 0.25) is 0 Å². The van der Waals surface area contributed by atoms with Crippen LogP contribution in [0.15, 0.2) is 24.8 Å². The van der Waals surface area contributed by atoms with Crippen LogP contribution >= 0.6 is 69.6 Å². The van der Waals surface area contributed by atoms with Gasteiger partial charge in [0.15, 0.2) is 17.5 Å². The van der Waals surface area contributed by atoms with E-state index < -0.39 is 7.59 Å². The Morgan fingerprint density at radius 1 is 0.913 bits per heavy atom. The molecule has 0 atom stereocenters. The molecular formula is C13H7Cl6N3O. The van der Waals surface area contributed by atoms with Gasteiger partial charge in [-0.3, -0.25) is 0 Å². The topological polar surface area (TPSA) is 58.9 Å². The van der Waals surface area contributed by atoms with Crippen molar-refractivity contribution in [3.05, 3.63) is 42.0 Å². The first-order valence-electron chi connectivity index (χ1n) is 5.89. The summed E-state index contributed by atoms with van der Waals surface area (Å²) in [6.45, 7) is 3.66. The Kier molecular flexibility index (Phi) is 5.56. The zero-order valence-corrected chi connectivity index (χ0v) is 15.6. The Bertz CT molecular complexity index is 722. The fourth-order valence-electron chi connectivity index (χ4n) is 1.71. The molecule has 0 bridgehead atoms. The molecule has 0 amide bonds. The van der Waals surface area contributed by atoms with Crippen molar-refractivity contribution in [3.63, 3.8) is 0 Å². The molecule has 2 aromatic rings. The van der Waals surface area contributed by atoms with Crippen molar-refractivity contribution in [3.8, 4) is 17.1 Å². The molecule has 1 heterocycles. The van der Waals surface area contributed by atoms with E-state index in [9.17, 15) is 5.11 Å². The number of phenols is 1. The van der Waals surface area contributed by atoms with E-state index in [4.69, 9.17) is 69.6 Å². The quantitative estimate of drug-likeness (QED) is 0.631. The van der Waals surface area contributed by atoms with Crippen LogP contribution < -0.4 is 0 Å². The molecule has 0 fully saturated rings. The van der Waals surface area contributed by atoms with E-state index in [1.54, 1.807) is 12.1 Å². The first kappa shape index (κ1) is 18.8. The number of aromatic hydroxyl groups is 1. The van der Waals surface area contributed by atoms with Gasteiger partial charge in [0.1, 0.15) is 5.75 Å². The maximum absolute atomic E-state index is 10.1. The molecule has 1 N–H and O–H groups in total. The lowest BCUT2D eigenvalue weighted by Gasteiger charge is -2.16. The van der Waals surface area contributed by atoms with Gasteiger partial charge in [0, 0.05) is 0 Å². The highest BCUT2D eigenvalue weighted by molar-refractivity contribution is 6.67. The zero-order valence-electron chi connectivity index (χ0n) is 11.1. The molecule has 0 aliphatic carbocycles. The molecule has 0 radical (unpaired) electrons. The third kappa shape index (κ3) is 4.32. The van der Waals surface area contributed by atoms with Crippen LogP contribution in [0, 0.1) is 0 Å². The van der Waals surface area contributed by atoms with Gasteiger partial charge in [0.2, 0.25) is 7.59 Å². The van der Waals surface area contributed by atoms with Crippen LogP contribution in [-0.2, 0) is 7.59 Å². The molecule has 4 nitrogen and oxygen atoms in total. The molecule has 122 valence electrons. The average molecular weight is 434 g/mol.